The number of aliphatic hydroxyl groups is 1. The first-order valence-corrected chi connectivity index (χ1v) is 7.69. The molecule has 23 heavy (non-hydrogen) atoms. The summed E-state index contributed by atoms with van der Waals surface area (Å²) >= 11 is 0. The van der Waals surface area contributed by atoms with Crippen molar-refractivity contribution in [2.75, 3.05) is 5.73 Å². The van der Waals surface area contributed by atoms with Crippen LogP contribution in [0.25, 0.3) is 0 Å². The topological polar surface area (TPSA) is 101 Å². The number of nitrogens with two attached hydrogens (primary N) is 1. The number of aliphatic carboxylic acids is 1. The maximum absolute atomic E-state index is 12.1. The highest BCUT2D eigenvalue weighted by molar-refractivity contribution is 5.96. The SMILES string of the molecule is C/C(=C\[C@@H](C)C[C@H](C)[C@H](O)CC(=O)c1ccc(N)cc1)C(=O)O. The van der Waals surface area contributed by atoms with Crippen LogP contribution >= 0.6 is 0 Å². The monoisotopic (exact) mass is 319 g/mol. The fourth-order valence-corrected chi connectivity index (χ4v) is 2.49. The molecule has 0 spiro atoms. The van der Waals surface area contributed by atoms with Crippen LogP contribution in [0.1, 0.15) is 44.0 Å². The second kappa shape index (κ2) is 8.48. The molecular formula is C18H25NO4. The van der Waals surface area contributed by atoms with Gasteiger partial charge in [0.25, 0.3) is 0 Å². The molecular weight excluding hydrogens is 294 g/mol. The van der Waals surface area contributed by atoms with Crippen molar-refractivity contribution in [3.8, 4) is 0 Å². The normalized spacial score (nSPS) is 15.7. The average Bonchev–Trinajstić information content (AvgIpc) is 2.47. The Labute approximate surface area is 136 Å². The number of carbonyl (C=O) groups is 2. The number of hydrogen-bond donors (Lipinski definition) is 3. The lowest BCUT2D eigenvalue weighted by Gasteiger charge is -2.20. The molecule has 0 aliphatic rings. The molecule has 1 aromatic rings. The van der Waals surface area contributed by atoms with Crippen molar-refractivity contribution in [3.05, 3.63) is 41.5 Å². The third kappa shape index (κ3) is 6.24. The quantitative estimate of drug-likeness (QED) is 0.388. The van der Waals surface area contributed by atoms with E-state index in [-0.39, 0.29) is 29.6 Å². The van der Waals surface area contributed by atoms with Crippen molar-refractivity contribution >= 4 is 17.4 Å². The van der Waals surface area contributed by atoms with Crippen LogP contribution in [0.4, 0.5) is 5.69 Å². The van der Waals surface area contributed by atoms with E-state index in [0.29, 0.717) is 17.7 Å². The van der Waals surface area contributed by atoms with Gasteiger partial charge in [-0.3, -0.25) is 4.79 Å². The van der Waals surface area contributed by atoms with E-state index in [0.717, 1.165) is 0 Å². The van der Waals surface area contributed by atoms with Crippen LogP contribution in [-0.4, -0.2) is 28.1 Å². The van der Waals surface area contributed by atoms with Gasteiger partial charge >= 0.3 is 5.97 Å². The third-order valence-corrected chi connectivity index (χ3v) is 3.90. The van der Waals surface area contributed by atoms with E-state index in [9.17, 15) is 14.7 Å². The Kier molecular flexibility index (Phi) is 6.97. The van der Waals surface area contributed by atoms with Crippen LogP contribution < -0.4 is 5.73 Å². The lowest BCUT2D eigenvalue weighted by Crippen LogP contribution is -2.23. The molecule has 0 fully saturated rings. The molecule has 0 bridgehead atoms. The lowest BCUT2D eigenvalue weighted by atomic mass is 9.88. The number of carboxylic acid groups (broad SMARTS) is 1. The maximum atomic E-state index is 12.1. The molecule has 4 N–H and O–H groups in total. The number of benzene rings is 1. The highest BCUT2D eigenvalue weighted by Crippen LogP contribution is 2.21. The summed E-state index contributed by atoms with van der Waals surface area (Å²) in [5.74, 6) is -1.17. The van der Waals surface area contributed by atoms with Gasteiger partial charge in [0.2, 0.25) is 0 Å². The highest BCUT2D eigenvalue weighted by Gasteiger charge is 2.20. The van der Waals surface area contributed by atoms with Gasteiger partial charge < -0.3 is 15.9 Å². The number of ketones is 1. The molecule has 5 nitrogen and oxygen atoms in total. The first-order chi connectivity index (χ1) is 10.7. The molecule has 0 radical (unpaired) electrons. The predicted octanol–water partition coefficient (Wildman–Crippen LogP) is 2.90. The molecule has 0 unspecified atom stereocenters. The summed E-state index contributed by atoms with van der Waals surface area (Å²) in [5.41, 5.74) is 6.99. The summed E-state index contributed by atoms with van der Waals surface area (Å²) < 4.78 is 0. The number of nitrogen functional groups attached to an aromatic ring is 1. The Balaban J connectivity index is 2.58. The Hall–Kier alpha value is -2.14. The van der Waals surface area contributed by atoms with Gasteiger partial charge in [0.1, 0.15) is 0 Å². The molecule has 0 aromatic heterocycles. The molecule has 0 aliphatic heterocycles. The van der Waals surface area contributed by atoms with Gasteiger partial charge in [0, 0.05) is 23.2 Å². The van der Waals surface area contributed by atoms with E-state index in [4.69, 9.17) is 10.8 Å². The predicted molar refractivity (Wildman–Crippen MR) is 90.1 cm³/mol. The fraction of sp³-hybridized carbons (Fsp3) is 0.444. The largest absolute Gasteiger partial charge is 0.478 e. The van der Waals surface area contributed by atoms with Crippen LogP contribution in [0.15, 0.2) is 35.9 Å². The highest BCUT2D eigenvalue weighted by atomic mass is 16.4. The van der Waals surface area contributed by atoms with Gasteiger partial charge in [0.05, 0.1) is 6.10 Å². The lowest BCUT2D eigenvalue weighted by molar-refractivity contribution is -0.132. The smallest absolute Gasteiger partial charge is 0.330 e. The fourth-order valence-electron chi connectivity index (χ4n) is 2.49. The number of rotatable bonds is 8. The number of anilines is 1. The van der Waals surface area contributed by atoms with Gasteiger partial charge in [-0.1, -0.05) is 19.9 Å². The van der Waals surface area contributed by atoms with E-state index in [1.807, 2.05) is 13.8 Å². The molecule has 3 atom stereocenters. The van der Waals surface area contributed by atoms with Gasteiger partial charge in [-0.05, 0) is 49.4 Å². The van der Waals surface area contributed by atoms with E-state index in [2.05, 4.69) is 0 Å². The third-order valence-electron chi connectivity index (χ3n) is 3.90. The zero-order valence-electron chi connectivity index (χ0n) is 13.8. The van der Waals surface area contributed by atoms with Gasteiger partial charge in [0.15, 0.2) is 5.78 Å². The van der Waals surface area contributed by atoms with E-state index < -0.39 is 12.1 Å². The van der Waals surface area contributed by atoms with Crippen molar-refractivity contribution in [1.82, 2.24) is 0 Å². The first kappa shape index (κ1) is 18.9. The van der Waals surface area contributed by atoms with Crippen LogP contribution in [0, 0.1) is 11.8 Å². The molecule has 0 heterocycles. The van der Waals surface area contributed by atoms with Crippen LogP contribution in [-0.2, 0) is 4.79 Å². The number of allylic oxidation sites excluding steroid dienone is 1. The molecule has 0 amide bonds. The minimum absolute atomic E-state index is 0.0161. The minimum atomic E-state index is -0.941. The molecule has 0 saturated carbocycles. The van der Waals surface area contributed by atoms with E-state index in [1.54, 1.807) is 37.3 Å². The molecule has 0 aliphatic carbocycles. The van der Waals surface area contributed by atoms with Gasteiger partial charge in [-0.15, -0.1) is 0 Å². The number of Topliss-reactive ketones (excluding diaryl/α,β-unsaturated/α-hetero) is 1. The molecule has 0 saturated heterocycles. The maximum Gasteiger partial charge on any atom is 0.330 e. The summed E-state index contributed by atoms with van der Waals surface area (Å²) in [7, 11) is 0. The zero-order valence-corrected chi connectivity index (χ0v) is 13.8. The molecule has 1 rings (SSSR count). The van der Waals surface area contributed by atoms with Crippen molar-refractivity contribution in [1.29, 1.82) is 0 Å². The number of hydrogen-bond acceptors (Lipinski definition) is 4. The van der Waals surface area contributed by atoms with E-state index >= 15 is 0 Å². The van der Waals surface area contributed by atoms with Crippen molar-refractivity contribution in [3.63, 3.8) is 0 Å². The zero-order chi connectivity index (χ0) is 17.6. The minimum Gasteiger partial charge on any atom is -0.478 e. The Bertz CT molecular complexity index is 577. The molecule has 1 aromatic carbocycles. The number of carboxylic acids is 1. The van der Waals surface area contributed by atoms with Gasteiger partial charge in [-0.2, -0.15) is 0 Å². The van der Waals surface area contributed by atoms with Crippen LogP contribution in [0.2, 0.25) is 0 Å². The summed E-state index contributed by atoms with van der Waals surface area (Å²) in [6.45, 7) is 5.31. The summed E-state index contributed by atoms with van der Waals surface area (Å²) in [4.78, 5) is 22.9. The second-order valence-corrected chi connectivity index (χ2v) is 6.16. The Morgan fingerprint density at radius 2 is 1.78 bits per heavy atom. The van der Waals surface area contributed by atoms with E-state index in [1.165, 1.54) is 0 Å². The van der Waals surface area contributed by atoms with Gasteiger partial charge in [-0.25, -0.2) is 4.79 Å². The Morgan fingerprint density at radius 3 is 2.30 bits per heavy atom. The summed E-state index contributed by atoms with van der Waals surface area (Å²) in [6.07, 6.45) is 1.56. The Morgan fingerprint density at radius 1 is 1.22 bits per heavy atom. The molecule has 5 heteroatoms. The summed E-state index contributed by atoms with van der Waals surface area (Å²) in [6, 6.07) is 6.61. The molecule has 126 valence electrons. The van der Waals surface area contributed by atoms with Crippen molar-refractivity contribution in [2.24, 2.45) is 11.8 Å². The van der Waals surface area contributed by atoms with Crippen LogP contribution in [0.5, 0.6) is 0 Å². The van der Waals surface area contributed by atoms with Crippen molar-refractivity contribution in [2.45, 2.75) is 39.7 Å². The second-order valence-electron chi connectivity index (χ2n) is 6.16. The number of carbonyl (C=O) groups excluding carboxylic acids is 1. The average molecular weight is 319 g/mol. The van der Waals surface area contributed by atoms with Crippen molar-refractivity contribution < 1.29 is 19.8 Å². The first-order valence-electron chi connectivity index (χ1n) is 7.69. The summed E-state index contributed by atoms with van der Waals surface area (Å²) in [5, 5.41) is 19.1. The number of aliphatic hydroxyl groups excluding tert-OH is 1. The van der Waals surface area contributed by atoms with Crippen LogP contribution in [0.3, 0.4) is 0 Å². The standard InChI is InChI=1S/C18H25NO4/c1-11(9-13(3)18(22)23)8-12(2)16(20)10-17(21)14-4-6-15(19)7-5-14/h4-7,9,11-12,16,20H,8,10,19H2,1-3H3,(H,22,23)/b13-9+/t11-,12-,16+/m0/s1.